The molecule has 2 aromatic carbocycles. The van der Waals surface area contributed by atoms with Gasteiger partial charge in [-0.2, -0.15) is 4.98 Å². The molecule has 158 valence electrons. The van der Waals surface area contributed by atoms with Gasteiger partial charge in [-0.1, -0.05) is 24.3 Å². The molecule has 0 aliphatic carbocycles. The van der Waals surface area contributed by atoms with Gasteiger partial charge in [0.05, 0.1) is 12.8 Å². The highest BCUT2D eigenvalue weighted by molar-refractivity contribution is 5.91. The monoisotopic (exact) mass is 419 g/mol. The van der Waals surface area contributed by atoms with E-state index >= 15 is 0 Å². The molecule has 8 nitrogen and oxygen atoms in total. The van der Waals surface area contributed by atoms with E-state index in [9.17, 15) is 4.79 Å². The summed E-state index contributed by atoms with van der Waals surface area (Å²) in [6.07, 6.45) is 2.38. The van der Waals surface area contributed by atoms with Crippen LogP contribution in [0.2, 0.25) is 0 Å². The molecule has 0 fully saturated rings. The van der Waals surface area contributed by atoms with Crippen molar-refractivity contribution < 1.29 is 23.7 Å². The van der Waals surface area contributed by atoms with E-state index < -0.39 is 5.97 Å². The summed E-state index contributed by atoms with van der Waals surface area (Å²) in [5, 5.41) is 0. The van der Waals surface area contributed by atoms with E-state index in [1.807, 2.05) is 41.3 Å². The van der Waals surface area contributed by atoms with Crippen molar-refractivity contribution >= 4 is 17.6 Å². The van der Waals surface area contributed by atoms with Gasteiger partial charge < -0.3 is 23.8 Å². The maximum atomic E-state index is 12.4. The van der Waals surface area contributed by atoms with Gasteiger partial charge >= 0.3 is 5.97 Å². The van der Waals surface area contributed by atoms with Crippen LogP contribution in [0.25, 0.3) is 0 Å². The lowest BCUT2D eigenvalue weighted by Gasteiger charge is -2.18. The number of rotatable bonds is 6. The van der Waals surface area contributed by atoms with Crippen LogP contribution in [0.3, 0.4) is 0 Å². The van der Waals surface area contributed by atoms with Crippen molar-refractivity contribution in [3.8, 4) is 17.4 Å². The first-order valence-electron chi connectivity index (χ1n) is 10.1. The Morgan fingerprint density at radius 1 is 1.16 bits per heavy atom. The fourth-order valence-electron chi connectivity index (χ4n) is 3.67. The number of para-hydroxylation sites is 1. The molecule has 1 aromatic heterocycles. The highest BCUT2D eigenvalue weighted by Gasteiger charge is 2.25. The number of hydrogen-bond donors (Lipinski definition) is 0. The molecule has 0 bridgehead atoms. The van der Waals surface area contributed by atoms with Crippen LogP contribution in [0, 0.1) is 0 Å². The molecule has 3 heterocycles. The first-order valence-corrected chi connectivity index (χ1v) is 10.1. The first-order chi connectivity index (χ1) is 15.2. The van der Waals surface area contributed by atoms with Crippen molar-refractivity contribution in [1.29, 1.82) is 0 Å². The van der Waals surface area contributed by atoms with E-state index in [0.29, 0.717) is 17.4 Å². The van der Waals surface area contributed by atoms with Gasteiger partial charge in [0.1, 0.15) is 12.2 Å². The molecule has 2 aliphatic heterocycles. The Labute approximate surface area is 179 Å². The maximum absolute atomic E-state index is 12.4. The molecule has 5 rings (SSSR count). The topological polar surface area (TPSA) is 83.0 Å². The number of ether oxygens (including phenoxy) is 4. The Morgan fingerprint density at radius 3 is 2.94 bits per heavy atom. The van der Waals surface area contributed by atoms with E-state index in [1.54, 1.807) is 6.92 Å². The number of aromatic nitrogens is 2. The molecule has 8 heteroatoms. The van der Waals surface area contributed by atoms with Gasteiger partial charge in [-0.05, 0) is 42.7 Å². The summed E-state index contributed by atoms with van der Waals surface area (Å²) in [5.74, 6) is 1.53. The average Bonchev–Trinajstić information content (AvgIpc) is 3.44. The van der Waals surface area contributed by atoms with Crippen LogP contribution < -0.4 is 19.1 Å². The lowest BCUT2D eigenvalue weighted by molar-refractivity contribution is 0.0519. The number of hydrogen-bond acceptors (Lipinski definition) is 8. The molecule has 0 unspecified atom stereocenters. The molecule has 0 saturated carbocycles. The van der Waals surface area contributed by atoms with Crippen molar-refractivity contribution in [2.75, 3.05) is 24.8 Å². The first kappa shape index (κ1) is 19.2. The largest absolute Gasteiger partial charge is 0.472 e. The van der Waals surface area contributed by atoms with E-state index in [2.05, 4.69) is 16.0 Å². The van der Waals surface area contributed by atoms with Crippen LogP contribution in [0.1, 0.15) is 28.4 Å². The number of fused-ring (bicyclic) bond motifs is 2. The number of benzene rings is 2. The number of carbonyl (C=O) groups excluding carboxylic acids is 1. The maximum Gasteiger partial charge on any atom is 0.345 e. The molecule has 0 atom stereocenters. The quantitative estimate of drug-likeness (QED) is 0.560. The summed E-state index contributed by atoms with van der Waals surface area (Å²) < 4.78 is 21.9. The smallest absolute Gasteiger partial charge is 0.345 e. The van der Waals surface area contributed by atoms with Crippen molar-refractivity contribution in [3.05, 3.63) is 65.4 Å². The lowest BCUT2D eigenvalue weighted by Crippen LogP contribution is -2.18. The van der Waals surface area contributed by atoms with Crippen molar-refractivity contribution in [1.82, 2.24) is 9.97 Å². The molecule has 0 amide bonds. The second-order valence-electron chi connectivity index (χ2n) is 7.12. The summed E-state index contributed by atoms with van der Waals surface area (Å²) >= 11 is 0. The minimum Gasteiger partial charge on any atom is -0.472 e. The highest BCUT2D eigenvalue weighted by Crippen LogP contribution is 2.35. The zero-order valence-electron chi connectivity index (χ0n) is 17.0. The van der Waals surface area contributed by atoms with E-state index in [1.165, 1.54) is 11.8 Å². The average molecular weight is 419 g/mol. The minimum atomic E-state index is -0.517. The number of esters is 1. The van der Waals surface area contributed by atoms with Gasteiger partial charge in [-0.15, -0.1) is 0 Å². The van der Waals surface area contributed by atoms with Crippen molar-refractivity contribution in [2.24, 2.45) is 0 Å². The van der Waals surface area contributed by atoms with Crippen LogP contribution in [0.15, 0.2) is 48.7 Å². The van der Waals surface area contributed by atoms with Crippen LogP contribution in [-0.4, -0.2) is 35.9 Å². The van der Waals surface area contributed by atoms with Gasteiger partial charge in [0.2, 0.25) is 18.6 Å². The fraction of sp³-hybridized carbons (Fsp3) is 0.261. The summed E-state index contributed by atoms with van der Waals surface area (Å²) in [5.41, 5.74) is 3.36. The fourth-order valence-corrected chi connectivity index (χ4v) is 3.67. The third-order valence-corrected chi connectivity index (χ3v) is 5.18. The molecule has 31 heavy (non-hydrogen) atoms. The second-order valence-corrected chi connectivity index (χ2v) is 7.12. The summed E-state index contributed by atoms with van der Waals surface area (Å²) in [7, 11) is 0. The SMILES string of the molecule is CCOC(=O)c1cnc(N2CCc3ccccc32)nc1OCc1ccc2c(c1)OCO2. The third kappa shape index (κ3) is 3.72. The molecule has 0 spiro atoms. The zero-order chi connectivity index (χ0) is 21.2. The summed E-state index contributed by atoms with van der Waals surface area (Å²) in [4.78, 5) is 23.5. The Balaban J connectivity index is 1.43. The van der Waals surface area contributed by atoms with E-state index in [4.69, 9.17) is 18.9 Å². The predicted octanol–water partition coefficient (Wildman–Crippen LogP) is 3.66. The Hall–Kier alpha value is -3.81. The molecular formula is C23H21N3O5. The van der Waals surface area contributed by atoms with Gasteiger partial charge in [-0.25, -0.2) is 9.78 Å². The molecule has 0 saturated heterocycles. The van der Waals surface area contributed by atoms with Crippen molar-refractivity contribution in [2.45, 2.75) is 20.0 Å². The number of nitrogens with zero attached hydrogens (tertiary/aromatic N) is 3. The van der Waals surface area contributed by atoms with Crippen LogP contribution in [0.4, 0.5) is 11.6 Å². The Morgan fingerprint density at radius 2 is 2.03 bits per heavy atom. The standard InChI is InChI=1S/C23H21N3O5/c1-2-28-22(27)17-12-24-23(26-10-9-16-5-3-4-6-18(16)26)25-21(17)29-13-15-7-8-19-20(11-15)31-14-30-19/h3-8,11-12H,2,9-10,13-14H2,1H3. The van der Waals surface area contributed by atoms with Crippen molar-refractivity contribution in [3.63, 3.8) is 0 Å². The molecular weight excluding hydrogens is 398 g/mol. The van der Waals surface area contributed by atoms with E-state index in [0.717, 1.165) is 24.2 Å². The van der Waals surface area contributed by atoms with Crippen LogP contribution in [0.5, 0.6) is 17.4 Å². The highest BCUT2D eigenvalue weighted by atomic mass is 16.7. The van der Waals surface area contributed by atoms with Gasteiger partial charge in [-0.3, -0.25) is 0 Å². The third-order valence-electron chi connectivity index (χ3n) is 5.18. The Bertz CT molecular complexity index is 1130. The number of anilines is 2. The van der Waals surface area contributed by atoms with Gasteiger partial charge in [0, 0.05) is 12.2 Å². The van der Waals surface area contributed by atoms with Gasteiger partial charge in [0.15, 0.2) is 11.5 Å². The molecule has 2 aliphatic rings. The predicted molar refractivity (Wildman–Crippen MR) is 112 cm³/mol. The van der Waals surface area contributed by atoms with E-state index in [-0.39, 0.29) is 31.5 Å². The summed E-state index contributed by atoms with van der Waals surface area (Å²) in [6, 6.07) is 13.7. The minimum absolute atomic E-state index is 0.186. The van der Waals surface area contributed by atoms with Crippen LogP contribution in [-0.2, 0) is 17.8 Å². The zero-order valence-corrected chi connectivity index (χ0v) is 17.0. The normalized spacial score (nSPS) is 13.8. The summed E-state index contributed by atoms with van der Waals surface area (Å²) in [6.45, 7) is 3.18. The lowest BCUT2D eigenvalue weighted by atomic mass is 10.2. The Kier molecular flexibility index (Phi) is 5.03. The molecule has 3 aromatic rings. The molecule has 0 radical (unpaired) electrons. The molecule has 0 N–H and O–H groups in total. The van der Waals surface area contributed by atoms with Gasteiger partial charge in [0.25, 0.3) is 0 Å². The number of carbonyl (C=O) groups is 1. The second kappa shape index (κ2) is 8.14. The van der Waals surface area contributed by atoms with Crippen LogP contribution >= 0.6 is 0 Å².